The van der Waals surface area contributed by atoms with Crippen LogP contribution in [0.3, 0.4) is 0 Å². The van der Waals surface area contributed by atoms with Crippen molar-refractivity contribution in [3.63, 3.8) is 0 Å². The van der Waals surface area contributed by atoms with Gasteiger partial charge in [0.2, 0.25) is 0 Å². The molecule has 0 spiro atoms. The molecule has 2 heterocycles. The van der Waals surface area contributed by atoms with E-state index >= 15 is 0 Å². The maximum atomic E-state index is 4.79. The molecule has 21 heavy (non-hydrogen) atoms. The van der Waals surface area contributed by atoms with Gasteiger partial charge in [-0.3, -0.25) is 0 Å². The van der Waals surface area contributed by atoms with Crippen LogP contribution in [0.25, 0.3) is 0 Å². The summed E-state index contributed by atoms with van der Waals surface area (Å²) in [4.78, 5) is 7.16. The monoisotopic (exact) mass is 287 g/mol. The van der Waals surface area contributed by atoms with Gasteiger partial charge in [0.25, 0.3) is 0 Å². The van der Waals surface area contributed by atoms with Crippen LogP contribution in [-0.2, 0) is 6.54 Å². The summed E-state index contributed by atoms with van der Waals surface area (Å²) >= 11 is 0. The molecule has 0 fully saturated rings. The van der Waals surface area contributed by atoms with E-state index in [0.717, 1.165) is 50.5 Å². The fraction of sp³-hybridized carbons (Fsp3) is 0.611. The number of nitrogens with one attached hydrogen (secondary N) is 1. The topological polar surface area (TPSA) is 28.2 Å². The molecule has 0 radical (unpaired) electrons. The first-order chi connectivity index (χ1) is 10.0. The van der Waals surface area contributed by atoms with Crippen molar-refractivity contribution >= 4 is 5.82 Å². The summed E-state index contributed by atoms with van der Waals surface area (Å²) in [7, 11) is 0. The number of hydrogen-bond donors (Lipinski definition) is 1. The van der Waals surface area contributed by atoms with Crippen LogP contribution in [0, 0.1) is 5.41 Å². The van der Waals surface area contributed by atoms with E-state index in [1.54, 1.807) is 5.57 Å². The summed E-state index contributed by atoms with van der Waals surface area (Å²) in [5.41, 5.74) is 3.00. The number of pyridine rings is 1. The zero-order valence-electron chi connectivity index (χ0n) is 13.9. The second kappa shape index (κ2) is 7.08. The second-order valence-electron chi connectivity index (χ2n) is 6.84. The molecule has 1 aliphatic rings. The van der Waals surface area contributed by atoms with Gasteiger partial charge in [0.1, 0.15) is 5.82 Å². The van der Waals surface area contributed by atoms with Crippen LogP contribution >= 0.6 is 0 Å². The van der Waals surface area contributed by atoms with E-state index in [9.17, 15) is 0 Å². The third-order valence-electron chi connectivity index (χ3n) is 4.02. The number of aromatic nitrogens is 1. The Morgan fingerprint density at radius 3 is 2.71 bits per heavy atom. The largest absolute Gasteiger partial charge is 0.353 e. The first kappa shape index (κ1) is 16.0. The van der Waals surface area contributed by atoms with Crippen molar-refractivity contribution in [3.05, 3.63) is 35.5 Å². The Kier molecular flexibility index (Phi) is 5.40. The van der Waals surface area contributed by atoms with Crippen molar-refractivity contribution in [2.75, 3.05) is 24.5 Å². The Morgan fingerprint density at radius 1 is 1.29 bits per heavy atom. The Morgan fingerprint density at radius 2 is 2.10 bits per heavy atom. The molecule has 0 atom stereocenters. The van der Waals surface area contributed by atoms with E-state index in [1.165, 1.54) is 0 Å². The van der Waals surface area contributed by atoms with Crippen molar-refractivity contribution in [1.29, 1.82) is 0 Å². The molecule has 2 rings (SSSR count). The zero-order valence-corrected chi connectivity index (χ0v) is 13.9. The van der Waals surface area contributed by atoms with Gasteiger partial charge in [0, 0.05) is 19.6 Å². The fourth-order valence-corrected chi connectivity index (χ4v) is 2.69. The standard InChI is InChI=1S/C18H29N3/c1-5-11-19-14-16-7-6-8-17(20-16)21-12-9-15(10-13-21)18(2,3)4/h6-9,19H,5,10-14H2,1-4H3. The highest BCUT2D eigenvalue weighted by Crippen LogP contribution is 2.31. The Hall–Kier alpha value is -1.35. The minimum Gasteiger partial charge on any atom is -0.353 e. The van der Waals surface area contributed by atoms with Crippen LogP contribution in [0.2, 0.25) is 0 Å². The molecule has 1 aromatic heterocycles. The molecule has 0 amide bonds. The van der Waals surface area contributed by atoms with E-state index in [1.807, 2.05) is 0 Å². The average molecular weight is 287 g/mol. The molecular formula is C18H29N3. The highest BCUT2D eigenvalue weighted by Gasteiger charge is 2.21. The molecule has 0 unspecified atom stereocenters. The SMILES string of the molecule is CCCNCc1cccc(N2CC=C(C(C)(C)C)CC2)n1. The summed E-state index contributed by atoms with van der Waals surface area (Å²) < 4.78 is 0. The Balaban J connectivity index is 2.00. The van der Waals surface area contributed by atoms with Crippen molar-refractivity contribution in [2.45, 2.75) is 47.1 Å². The van der Waals surface area contributed by atoms with Crippen molar-refractivity contribution in [3.8, 4) is 0 Å². The molecule has 0 saturated heterocycles. The lowest BCUT2D eigenvalue weighted by Crippen LogP contribution is -2.32. The number of hydrogen-bond acceptors (Lipinski definition) is 3. The zero-order chi connectivity index (χ0) is 15.3. The molecule has 3 heteroatoms. The van der Waals surface area contributed by atoms with Crippen LogP contribution in [-0.4, -0.2) is 24.6 Å². The molecule has 0 aromatic carbocycles. The lowest BCUT2D eigenvalue weighted by atomic mass is 9.83. The first-order valence-electron chi connectivity index (χ1n) is 8.12. The predicted molar refractivity (Wildman–Crippen MR) is 90.6 cm³/mol. The summed E-state index contributed by atoms with van der Waals surface area (Å²) in [6, 6.07) is 6.35. The third-order valence-corrected chi connectivity index (χ3v) is 4.02. The molecule has 3 nitrogen and oxygen atoms in total. The van der Waals surface area contributed by atoms with Gasteiger partial charge in [-0.2, -0.15) is 0 Å². The van der Waals surface area contributed by atoms with Gasteiger partial charge in [-0.1, -0.05) is 45.4 Å². The van der Waals surface area contributed by atoms with Gasteiger partial charge >= 0.3 is 0 Å². The van der Waals surface area contributed by atoms with Crippen LogP contribution < -0.4 is 10.2 Å². The van der Waals surface area contributed by atoms with Crippen LogP contribution in [0.5, 0.6) is 0 Å². The molecular weight excluding hydrogens is 258 g/mol. The highest BCUT2D eigenvalue weighted by molar-refractivity contribution is 5.42. The molecule has 0 saturated carbocycles. The van der Waals surface area contributed by atoms with Crippen LogP contribution in [0.4, 0.5) is 5.82 Å². The predicted octanol–water partition coefficient (Wildman–Crippen LogP) is 3.76. The first-order valence-corrected chi connectivity index (χ1v) is 8.12. The minimum absolute atomic E-state index is 0.297. The molecule has 1 aliphatic heterocycles. The second-order valence-corrected chi connectivity index (χ2v) is 6.84. The van der Waals surface area contributed by atoms with Crippen molar-refractivity contribution < 1.29 is 0 Å². The molecule has 1 aromatic rings. The summed E-state index contributed by atoms with van der Waals surface area (Å²) in [6.07, 6.45) is 4.68. The summed E-state index contributed by atoms with van der Waals surface area (Å²) in [5, 5.41) is 3.42. The Bertz CT molecular complexity index is 485. The van der Waals surface area contributed by atoms with E-state index in [4.69, 9.17) is 4.98 Å². The minimum atomic E-state index is 0.297. The van der Waals surface area contributed by atoms with Crippen molar-refractivity contribution in [2.24, 2.45) is 5.41 Å². The maximum Gasteiger partial charge on any atom is 0.129 e. The van der Waals surface area contributed by atoms with Crippen molar-refractivity contribution in [1.82, 2.24) is 10.3 Å². The van der Waals surface area contributed by atoms with Gasteiger partial charge < -0.3 is 10.2 Å². The molecule has 0 aliphatic carbocycles. The van der Waals surface area contributed by atoms with E-state index in [2.05, 4.69) is 62.2 Å². The smallest absolute Gasteiger partial charge is 0.129 e. The summed E-state index contributed by atoms with van der Waals surface area (Å²) in [6.45, 7) is 13.0. The average Bonchev–Trinajstić information content (AvgIpc) is 2.47. The fourth-order valence-electron chi connectivity index (χ4n) is 2.69. The van der Waals surface area contributed by atoms with E-state index < -0.39 is 0 Å². The van der Waals surface area contributed by atoms with Gasteiger partial charge in [-0.05, 0) is 36.9 Å². The van der Waals surface area contributed by atoms with Gasteiger partial charge in [-0.15, -0.1) is 0 Å². The normalized spacial score (nSPS) is 16.0. The third kappa shape index (κ3) is 4.57. The van der Waals surface area contributed by atoms with Crippen LogP contribution in [0.1, 0.15) is 46.2 Å². The molecule has 1 N–H and O–H groups in total. The summed E-state index contributed by atoms with van der Waals surface area (Å²) in [5.74, 6) is 1.11. The van der Waals surface area contributed by atoms with E-state index in [-0.39, 0.29) is 0 Å². The van der Waals surface area contributed by atoms with Gasteiger partial charge in [0.05, 0.1) is 5.69 Å². The molecule has 116 valence electrons. The van der Waals surface area contributed by atoms with E-state index in [0.29, 0.717) is 5.41 Å². The lowest BCUT2D eigenvalue weighted by molar-refractivity contribution is 0.472. The Labute approximate surface area is 129 Å². The lowest BCUT2D eigenvalue weighted by Gasteiger charge is -2.33. The van der Waals surface area contributed by atoms with Gasteiger partial charge in [0.15, 0.2) is 0 Å². The highest BCUT2D eigenvalue weighted by atomic mass is 15.2. The van der Waals surface area contributed by atoms with Gasteiger partial charge in [-0.25, -0.2) is 4.98 Å². The number of anilines is 1. The van der Waals surface area contributed by atoms with Crippen LogP contribution in [0.15, 0.2) is 29.8 Å². The number of nitrogens with zero attached hydrogens (tertiary/aromatic N) is 2. The number of rotatable bonds is 5. The molecule has 0 bridgehead atoms. The maximum absolute atomic E-state index is 4.79. The quantitative estimate of drug-likeness (QED) is 0.660.